The Kier molecular flexibility index (Phi) is 3.13. The van der Waals surface area contributed by atoms with Crippen molar-refractivity contribution in [3.8, 4) is 0 Å². The van der Waals surface area contributed by atoms with Crippen molar-refractivity contribution in [1.29, 1.82) is 0 Å². The van der Waals surface area contributed by atoms with Crippen LogP contribution < -0.4 is 5.90 Å². The van der Waals surface area contributed by atoms with E-state index in [2.05, 4.69) is 9.82 Å². The fourth-order valence-electron chi connectivity index (χ4n) is 0.920. The van der Waals surface area contributed by atoms with Crippen LogP contribution in [0, 0.1) is 5.82 Å². The molecule has 0 saturated heterocycles. The van der Waals surface area contributed by atoms with Crippen LogP contribution in [0.25, 0.3) is 0 Å². The van der Waals surface area contributed by atoms with Crippen LogP contribution in [0.15, 0.2) is 18.3 Å². The number of hydrogen-bond donors (Lipinski definition) is 1. The summed E-state index contributed by atoms with van der Waals surface area (Å²) in [4.78, 5) is 8.42. The van der Waals surface area contributed by atoms with E-state index in [-0.39, 0.29) is 11.7 Å². The first-order chi connectivity index (χ1) is 5.74. The fraction of sp³-hybridized carbons (Fsp3) is 0.375. The van der Waals surface area contributed by atoms with Gasteiger partial charge in [-0.1, -0.05) is 6.92 Å². The maximum atomic E-state index is 12.7. The predicted molar refractivity (Wildman–Crippen MR) is 42.7 cm³/mol. The number of nitrogens with zero attached hydrogens (tertiary/aromatic N) is 1. The van der Waals surface area contributed by atoms with Crippen molar-refractivity contribution in [2.24, 2.45) is 5.90 Å². The lowest BCUT2D eigenvalue weighted by Gasteiger charge is -2.07. The molecule has 66 valence electrons. The molecule has 0 spiro atoms. The van der Waals surface area contributed by atoms with Crippen molar-refractivity contribution in [2.45, 2.75) is 12.8 Å². The van der Waals surface area contributed by atoms with Gasteiger partial charge in [0, 0.05) is 17.8 Å². The van der Waals surface area contributed by atoms with Crippen molar-refractivity contribution in [2.75, 3.05) is 6.61 Å². The van der Waals surface area contributed by atoms with Gasteiger partial charge in [-0.05, 0) is 12.1 Å². The van der Waals surface area contributed by atoms with Crippen molar-refractivity contribution in [1.82, 2.24) is 4.98 Å². The molecule has 0 fully saturated rings. The molecule has 1 atom stereocenters. The van der Waals surface area contributed by atoms with Crippen LogP contribution in [-0.2, 0) is 4.84 Å². The van der Waals surface area contributed by atoms with Crippen molar-refractivity contribution in [3.05, 3.63) is 29.8 Å². The van der Waals surface area contributed by atoms with Gasteiger partial charge >= 0.3 is 0 Å². The van der Waals surface area contributed by atoms with E-state index in [9.17, 15) is 4.39 Å². The average Bonchev–Trinajstić information content (AvgIpc) is 2.05. The molecule has 1 rings (SSSR count). The molecule has 0 aromatic carbocycles. The van der Waals surface area contributed by atoms with Crippen LogP contribution in [-0.4, -0.2) is 11.6 Å². The molecule has 0 saturated carbocycles. The molecule has 3 nitrogen and oxygen atoms in total. The number of halogens is 1. The second-order valence-electron chi connectivity index (χ2n) is 2.63. The Hall–Kier alpha value is -1.00. The lowest BCUT2D eigenvalue weighted by atomic mass is 10.1. The molecular formula is C8H11FN2O. The summed E-state index contributed by atoms with van der Waals surface area (Å²) in [7, 11) is 0. The van der Waals surface area contributed by atoms with Gasteiger partial charge in [0.05, 0.1) is 6.61 Å². The number of pyridine rings is 1. The molecular weight excluding hydrogens is 159 g/mol. The van der Waals surface area contributed by atoms with Gasteiger partial charge in [0.25, 0.3) is 0 Å². The molecule has 1 aromatic rings. The van der Waals surface area contributed by atoms with E-state index in [1.807, 2.05) is 6.92 Å². The molecule has 2 N–H and O–H groups in total. The van der Waals surface area contributed by atoms with Crippen LogP contribution >= 0.6 is 0 Å². The Morgan fingerprint density at radius 3 is 3.08 bits per heavy atom. The van der Waals surface area contributed by atoms with E-state index in [4.69, 9.17) is 5.90 Å². The summed E-state index contributed by atoms with van der Waals surface area (Å²) in [6, 6.07) is 2.68. The summed E-state index contributed by atoms with van der Waals surface area (Å²) >= 11 is 0. The second kappa shape index (κ2) is 4.13. The number of hydrogen-bond acceptors (Lipinski definition) is 3. The Balaban J connectivity index is 2.73. The highest BCUT2D eigenvalue weighted by atomic mass is 19.1. The molecule has 0 radical (unpaired) electrons. The SMILES string of the molecule is CC(CON)c1cc(F)ccn1. The van der Waals surface area contributed by atoms with Gasteiger partial charge in [-0.2, -0.15) is 0 Å². The van der Waals surface area contributed by atoms with Crippen LogP contribution in [0.2, 0.25) is 0 Å². The third kappa shape index (κ3) is 2.25. The maximum absolute atomic E-state index is 12.7. The largest absolute Gasteiger partial charge is 0.304 e. The van der Waals surface area contributed by atoms with Gasteiger partial charge in [-0.15, -0.1) is 0 Å². The predicted octanol–water partition coefficient (Wildman–Crippen LogP) is 1.21. The minimum absolute atomic E-state index is 0.0192. The molecule has 0 aliphatic carbocycles. The van der Waals surface area contributed by atoms with Gasteiger partial charge in [0.2, 0.25) is 0 Å². The van der Waals surface area contributed by atoms with E-state index < -0.39 is 0 Å². The zero-order chi connectivity index (χ0) is 8.97. The third-order valence-electron chi connectivity index (χ3n) is 1.59. The summed E-state index contributed by atoms with van der Waals surface area (Å²) in [5.41, 5.74) is 0.653. The van der Waals surface area contributed by atoms with Crippen molar-refractivity contribution in [3.63, 3.8) is 0 Å². The average molecular weight is 170 g/mol. The van der Waals surface area contributed by atoms with Gasteiger partial charge in [0.15, 0.2) is 0 Å². The fourth-order valence-corrected chi connectivity index (χ4v) is 0.920. The van der Waals surface area contributed by atoms with E-state index in [1.165, 1.54) is 18.3 Å². The Bertz CT molecular complexity index is 255. The van der Waals surface area contributed by atoms with E-state index in [1.54, 1.807) is 0 Å². The lowest BCUT2D eigenvalue weighted by Crippen LogP contribution is -2.09. The molecule has 1 unspecified atom stereocenters. The maximum Gasteiger partial charge on any atom is 0.126 e. The van der Waals surface area contributed by atoms with Crippen LogP contribution in [0.5, 0.6) is 0 Å². The quantitative estimate of drug-likeness (QED) is 0.694. The molecule has 4 heteroatoms. The normalized spacial score (nSPS) is 12.9. The van der Waals surface area contributed by atoms with Crippen LogP contribution in [0.1, 0.15) is 18.5 Å². The summed E-state index contributed by atoms with van der Waals surface area (Å²) in [5.74, 6) is 4.61. The highest BCUT2D eigenvalue weighted by Gasteiger charge is 2.06. The zero-order valence-corrected chi connectivity index (χ0v) is 6.83. The highest BCUT2D eigenvalue weighted by molar-refractivity contribution is 5.10. The number of nitrogens with two attached hydrogens (primary N) is 1. The molecule has 1 heterocycles. The smallest absolute Gasteiger partial charge is 0.126 e. The first-order valence-electron chi connectivity index (χ1n) is 3.67. The Labute approximate surface area is 70.3 Å². The summed E-state index contributed by atoms with van der Waals surface area (Å²) in [6.45, 7) is 2.21. The van der Waals surface area contributed by atoms with Crippen molar-refractivity contribution >= 4 is 0 Å². The van der Waals surface area contributed by atoms with E-state index >= 15 is 0 Å². The van der Waals surface area contributed by atoms with Crippen LogP contribution in [0.3, 0.4) is 0 Å². The minimum Gasteiger partial charge on any atom is -0.304 e. The molecule has 0 aliphatic rings. The molecule has 0 bridgehead atoms. The third-order valence-corrected chi connectivity index (χ3v) is 1.59. The number of rotatable bonds is 3. The number of aromatic nitrogens is 1. The van der Waals surface area contributed by atoms with Crippen LogP contribution in [0.4, 0.5) is 4.39 Å². The summed E-state index contributed by atoms with van der Waals surface area (Å²) in [5, 5.41) is 0. The highest BCUT2D eigenvalue weighted by Crippen LogP contribution is 2.12. The zero-order valence-electron chi connectivity index (χ0n) is 6.83. The minimum atomic E-state index is -0.288. The van der Waals surface area contributed by atoms with Crippen molar-refractivity contribution < 1.29 is 9.23 Å². The standard InChI is InChI=1S/C8H11FN2O/c1-6(5-12-10)8-4-7(9)2-3-11-8/h2-4,6H,5,10H2,1H3. The molecule has 0 amide bonds. The van der Waals surface area contributed by atoms with Gasteiger partial charge < -0.3 is 4.84 Å². The topological polar surface area (TPSA) is 48.1 Å². The summed E-state index contributed by atoms with van der Waals surface area (Å²) in [6.07, 6.45) is 1.43. The first kappa shape index (κ1) is 9.09. The van der Waals surface area contributed by atoms with E-state index in [0.717, 1.165) is 0 Å². The molecule has 0 aliphatic heterocycles. The summed E-state index contributed by atoms with van der Waals surface area (Å²) < 4.78 is 12.7. The molecule has 1 aromatic heterocycles. The van der Waals surface area contributed by atoms with Gasteiger partial charge in [-0.3, -0.25) is 4.98 Å². The van der Waals surface area contributed by atoms with Gasteiger partial charge in [0.1, 0.15) is 5.82 Å². The lowest BCUT2D eigenvalue weighted by molar-refractivity contribution is 0.125. The second-order valence-corrected chi connectivity index (χ2v) is 2.63. The Morgan fingerprint density at radius 1 is 1.75 bits per heavy atom. The Morgan fingerprint density at radius 2 is 2.50 bits per heavy atom. The monoisotopic (exact) mass is 170 g/mol. The molecule has 12 heavy (non-hydrogen) atoms. The van der Waals surface area contributed by atoms with E-state index in [0.29, 0.717) is 12.3 Å². The van der Waals surface area contributed by atoms with Gasteiger partial charge in [-0.25, -0.2) is 10.3 Å². The first-order valence-corrected chi connectivity index (χ1v) is 3.67.